The van der Waals surface area contributed by atoms with Crippen LogP contribution in [0.15, 0.2) is 77.8 Å². The standard InChI is InChI=1S/C28H27FN4O2S/c1-35-23-12-10-22(11-13-23)32-14-16-33(17-15-32)27(34)19-36-28-26(18-20-6-8-21(29)9-7-20)30-24-4-2-3-5-25(24)31-28/h2-13H,14-19H2,1H3. The van der Waals surface area contributed by atoms with E-state index in [1.54, 1.807) is 19.2 Å². The normalized spacial score (nSPS) is 13.7. The molecule has 0 aliphatic carbocycles. The van der Waals surface area contributed by atoms with Gasteiger partial charge in [0.25, 0.3) is 0 Å². The Morgan fingerprint density at radius 3 is 2.25 bits per heavy atom. The van der Waals surface area contributed by atoms with Crippen LogP contribution in [0, 0.1) is 5.82 Å². The van der Waals surface area contributed by atoms with E-state index in [9.17, 15) is 9.18 Å². The second-order valence-electron chi connectivity index (χ2n) is 8.62. The Bertz CT molecular complexity index is 1340. The molecule has 6 nitrogen and oxygen atoms in total. The molecule has 1 amide bonds. The molecule has 1 fully saturated rings. The minimum Gasteiger partial charge on any atom is -0.497 e. The lowest BCUT2D eigenvalue weighted by molar-refractivity contribution is -0.128. The van der Waals surface area contributed by atoms with Crippen LogP contribution < -0.4 is 9.64 Å². The number of rotatable bonds is 7. The summed E-state index contributed by atoms with van der Waals surface area (Å²) in [4.78, 5) is 26.9. The number of carbonyl (C=O) groups excluding carboxylic acids is 1. The van der Waals surface area contributed by atoms with Gasteiger partial charge in [0, 0.05) is 38.3 Å². The van der Waals surface area contributed by atoms with Crippen molar-refractivity contribution in [2.24, 2.45) is 0 Å². The quantitative estimate of drug-likeness (QED) is 0.338. The number of amides is 1. The number of ether oxygens (including phenoxy) is 1. The van der Waals surface area contributed by atoms with Crippen molar-refractivity contribution >= 4 is 34.4 Å². The number of aromatic nitrogens is 2. The molecule has 5 rings (SSSR count). The summed E-state index contributed by atoms with van der Waals surface area (Å²) in [6.45, 7) is 2.93. The number of methoxy groups -OCH3 is 1. The van der Waals surface area contributed by atoms with E-state index in [4.69, 9.17) is 14.7 Å². The van der Waals surface area contributed by atoms with Crippen LogP contribution in [0.5, 0.6) is 5.75 Å². The fourth-order valence-corrected chi connectivity index (χ4v) is 5.17. The van der Waals surface area contributed by atoms with Crippen molar-refractivity contribution in [1.29, 1.82) is 0 Å². The molecule has 2 heterocycles. The molecule has 0 radical (unpaired) electrons. The molecule has 1 aromatic heterocycles. The highest BCUT2D eigenvalue weighted by Gasteiger charge is 2.22. The van der Waals surface area contributed by atoms with E-state index in [-0.39, 0.29) is 11.7 Å². The van der Waals surface area contributed by atoms with E-state index in [0.717, 1.165) is 51.8 Å². The summed E-state index contributed by atoms with van der Waals surface area (Å²) < 4.78 is 18.6. The van der Waals surface area contributed by atoms with E-state index < -0.39 is 0 Å². The van der Waals surface area contributed by atoms with Crippen LogP contribution in [0.4, 0.5) is 10.1 Å². The van der Waals surface area contributed by atoms with Gasteiger partial charge in [-0.3, -0.25) is 4.79 Å². The fourth-order valence-electron chi connectivity index (χ4n) is 4.28. The second kappa shape index (κ2) is 11.0. The first-order valence-corrected chi connectivity index (χ1v) is 12.9. The number of hydrogen-bond donors (Lipinski definition) is 0. The number of fused-ring (bicyclic) bond motifs is 1. The van der Waals surface area contributed by atoms with Gasteiger partial charge in [-0.1, -0.05) is 36.0 Å². The van der Waals surface area contributed by atoms with E-state index in [1.807, 2.05) is 53.4 Å². The molecule has 0 bridgehead atoms. The molecule has 0 atom stereocenters. The SMILES string of the molecule is COc1ccc(N2CCN(C(=O)CSc3nc4ccccc4nc3Cc3ccc(F)cc3)CC2)cc1. The molecular weight excluding hydrogens is 475 g/mol. The molecule has 0 spiro atoms. The molecule has 1 aliphatic rings. The van der Waals surface area contributed by atoms with Crippen LogP contribution in [0.3, 0.4) is 0 Å². The topological polar surface area (TPSA) is 58.6 Å². The number of carbonyl (C=O) groups is 1. The van der Waals surface area contributed by atoms with Gasteiger partial charge in [-0.05, 0) is 54.1 Å². The minimum absolute atomic E-state index is 0.0945. The highest BCUT2D eigenvalue weighted by atomic mass is 32.2. The molecule has 4 aromatic rings. The maximum absolute atomic E-state index is 13.4. The molecule has 0 saturated carbocycles. The Kier molecular flexibility index (Phi) is 7.32. The van der Waals surface area contributed by atoms with Gasteiger partial charge in [-0.25, -0.2) is 14.4 Å². The molecule has 1 aliphatic heterocycles. The molecule has 1 saturated heterocycles. The highest BCUT2D eigenvalue weighted by Crippen LogP contribution is 2.26. The lowest BCUT2D eigenvalue weighted by atomic mass is 10.1. The average molecular weight is 503 g/mol. The van der Waals surface area contributed by atoms with Gasteiger partial charge in [0.15, 0.2) is 0 Å². The van der Waals surface area contributed by atoms with Crippen LogP contribution in [0.2, 0.25) is 0 Å². The first-order chi connectivity index (χ1) is 17.6. The summed E-state index contributed by atoms with van der Waals surface area (Å²) in [5.41, 5.74) is 4.48. The van der Waals surface area contributed by atoms with E-state index in [2.05, 4.69) is 4.90 Å². The third kappa shape index (κ3) is 5.60. The Labute approximate surface area is 214 Å². The number of benzene rings is 3. The predicted molar refractivity (Wildman–Crippen MR) is 141 cm³/mol. The molecule has 184 valence electrons. The summed E-state index contributed by atoms with van der Waals surface area (Å²) in [6.07, 6.45) is 0.523. The summed E-state index contributed by atoms with van der Waals surface area (Å²) in [5, 5.41) is 0.739. The van der Waals surface area contributed by atoms with Gasteiger partial charge in [-0.2, -0.15) is 0 Å². The first kappa shape index (κ1) is 24.1. The van der Waals surface area contributed by atoms with Gasteiger partial charge >= 0.3 is 0 Å². The smallest absolute Gasteiger partial charge is 0.233 e. The van der Waals surface area contributed by atoms with Gasteiger partial charge < -0.3 is 14.5 Å². The number of para-hydroxylation sites is 2. The Morgan fingerprint density at radius 2 is 1.58 bits per heavy atom. The number of anilines is 1. The Balaban J connectivity index is 1.24. The molecule has 0 unspecified atom stereocenters. The predicted octanol–water partition coefficient (Wildman–Crippen LogP) is 4.81. The monoisotopic (exact) mass is 502 g/mol. The zero-order valence-corrected chi connectivity index (χ0v) is 20.9. The van der Waals surface area contributed by atoms with Crippen LogP contribution in [-0.4, -0.2) is 59.8 Å². The van der Waals surface area contributed by atoms with Crippen LogP contribution in [0.25, 0.3) is 11.0 Å². The van der Waals surface area contributed by atoms with E-state index >= 15 is 0 Å². The van der Waals surface area contributed by atoms with E-state index in [1.165, 1.54) is 23.9 Å². The van der Waals surface area contributed by atoms with Gasteiger partial charge in [0.05, 0.1) is 29.6 Å². The summed E-state index contributed by atoms with van der Waals surface area (Å²) in [7, 11) is 1.66. The molecular formula is C28H27FN4O2S. The maximum atomic E-state index is 13.4. The Hall–Kier alpha value is -3.65. The number of piperazine rings is 1. The van der Waals surface area contributed by atoms with Crippen molar-refractivity contribution in [2.45, 2.75) is 11.4 Å². The third-order valence-corrected chi connectivity index (χ3v) is 7.28. The number of hydrogen-bond acceptors (Lipinski definition) is 6. The Morgan fingerprint density at radius 1 is 0.917 bits per heavy atom. The summed E-state index contributed by atoms with van der Waals surface area (Å²) >= 11 is 1.42. The van der Waals surface area contributed by atoms with E-state index in [0.29, 0.717) is 25.3 Å². The average Bonchev–Trinajstić information content (AvgIpc) is 2.93. The van der Waals surface area contributed by atoms with Crippen molar-refractivity contribution in [3.63, 3.8) is 0 Å². The van der Waals surface area contributed by atoms with Gasteiger partial charge in [0.2, 0.25) is 5.91 Å². The summed E-state index contributed by atoms with van der Waals surface area (Å²) in [6, 6.07) is 22.1. The highest BCUT2D eigenvalue weighted by molar-refractivity contribution is 7.99. The molecule has 0 N–H and O–H groups in total. The molecule has 8 heteroatoms. The van der Waals surface area contributed by atoms with Gasteiger partial charge in [-0.15, -0.1) is 0 Å². The lowest BCUT2D eigenvalue weighted by Gasteiger charge is -2.36. The maximum Gasteiger partial charge on any atom is 0.233 e. The number of halogens is 1. The minimum atomic E-state index is -0.268. The molecule has 36 heavy (non-hydrogen) atoms. The second-order valence-corrected chi connectivity index (χ2v) is 9.59. The van der Waals surface area contributed by atoms with Crippen molar-refractivity contribution < 1.29 is 13.9 Å². The van der Waals surface area contributed by atoms with Crippen molar-refractivity contribution in [2.75, 3.05) is 43.9 Å². The number of thioether (sulfide) groups is 1. The lowest BCUT2D eigenvalue weighted by Crippen LogP contribution is -2.49. The fraction of sp³-hybridized carbons (Fsp3) is 0.250. The molecule has 3 aromatic carbocycles. The van der Waals surface area contributed by atoms with Crippen LogP contribution >= 0.6 is 11.8 Å². The van der Waals surface area contributed by atoms with Crippen molar-refractivity contribution in [1.82, 2.24) is 14.9 Å². The largest absolute Gasteiger partial charge is 0.497 e. The summed E-state index contributed by atoms with van der Waals surface area (Å²) in [5.74, 6) is 0.958. The third-order valence-electron chi connectivity index (χ3n) is 6.29. The zero-order chi connectivity index (χ0) is 24.9. The van der Waals surface area contributed by atoms with Crippen molar-refractivity contribution in [3.8, 4) is 5.75 Å². The van der Waals surface area contributed by atoms with Crippen LogP contribution in [0.1, 0.15) is 11.3 Å². The van der Waals surface area contributed by atoms with Gasteiger partial charge in [0.1, 0.15) is 16.6 Å². The zero-order valence-electron chi connectivity index (χ0n) is 20.1. The van der Waals surface area contributed by atoms with Crippen LogP contribution in [-0.2, 0) is 11.2 Å². The number of nitrogens with zero attached hydrogens (tertiary/aromatic N) is 4. The van der Waals surface area contributed by atoms with Crippen molar-refractivity contribution in [3.05, 3.63) is 89.9 Å². The first-order valence-electron chi connectivity index (χ1n) is 11.9.